The molecule has 0 radical (unpaired) electrons. The Bertz CT molecular complexity index is 157. The van der Waals surface area contributed by atoms with Crippen LogP contribution in [-0.2, 0) is 4.79 Å². The van der Waals surface area contributed by atoms with Gasteiger partial charge in [-0.2, -0.15) is 0 Å². The van der Waals surface area contributed by atoms with Gasteiger partial charge in [0.1, 0.15) is 0 Å². The Morgan fingerprint density at radius 1 is 1.64 bits per heavy atom. The number of amides is 1. The van der Waals surface area contributed by atoms with Gasteiger partial charge in [-0.05, 0) is 12.8 Å². The summed E-state index contributed by atoms with van der Waals surface area (Å²) in [5.41, 5.74) is 5.07. The second kappa shape index (κ2) is 5.79. The lowest BCUT2D eigenvalue weighted by atomic mass is 10.0. The molecule has 2 N–H and O–H groups in total. The molecule has 0 bridgehead atoms. The number of rotatable bonds is 5. The van der Waals surface area contributed by atoms with Gasteiger partial charge in [0.25, 0.3) is 0 Å². The first kappa shape index (κ1) is 10.0. The molecule has 0 saturated carbocycles. The second-order valence-electron chi connectivity index (χ2n) is 2.75. The van der Waals surface area contributed by atoms with E-state index < -0.39 is 0 Å². The van der Waals surface area contributed by atoms with Crippen LogP contribution in [0, 0.1) is 18.3 Å². The summed E-state index contributed by atoms with van der Waals surface area (Å²) < 4.78 is 0. The topological polar surface area (TPSA) is 43.1 Å². The van der Waals surface area contributed by atoms with E-state index >= 15 is 0 Å². The quantitative estimate of drug-likeness (QED) is 0.469. The van der Waals surface area contributed by atoms with E-state index in [1.165, 1.54) is 0 Å². The molecule has 0 aromatic rings. The molecule has 0 heterocycles. The van der Waals surface area contributed by atoms with Gasteiger partial charge in [-0.25, -0.2) is 0 Å². The summed E-state index contributed by atoms with van der Waals surface area (Å²) in [4.78, 5) is 10.5. The van der Waals surface area contributed by atoms with Crippen molar-refractivity contribution in [2.75, 3.05) is 0 Å². The summed E-state index contributed by atoms with van der Waals surface area (Å²) in [6.45, 7) is 1.85. The highest BCUT2D eigenvalue weighted by Crippen LogP contribution is 2.07. The van der Waals surface area contributed by atoms with Crippen molar-refractivity contribution < 1.29 is 4.79 Å². The first-order chi connectivity index (χ1) is 5.18. The van der Waals surface area contributed by atoms with Crippen LogP contribution in [0.25, 0.3) is 0 Å². The molecule has 0 spiro atoms. The van der Waals surface area contributed by atoms with Crippen LogP contribution in [0.2, 0.25) is 0 Å². The first-order valence-electron chi connectivity index (χ1n) is 3.91. The minimum Gasteiger partial charge on any atom is -0.369 e. The molecule has 0 unspecified atom stereocenters. The summed E-state index contributed by atoms with van der Waals surface area (Å²) in [5, 5.41) is 0. The predicted octanol–water partition coefficient (Wildman–Crippen LogP) is 1.30. The van der Waals surface area contributed by atoms with E-state index in [1.807, 2.05) is 6.92 Å². The van der Waals surface area contributed by atoms with Gasteiger partial charge in [-0.3, -0.25) is 4.79 Å². The maximum atomic E-state index is 10.5. The van der Waals surface area contributed by atoms with E-state index in [0.717, 1.165) is 25.7 Å². The number of terminal acetylenes is 1. The lowest BCUT2D eigenvalue weighted by Gasteiger charge is -2.04. The monoisotopic (exact) mass is 153 g/mol. The first-order valence-corrected chi connectivity index (χ1v) is 3.91. The van der Waals surface area contributed by atoms with Crippen molar-refractivity contribution in [2.45, 2.75) is 32.6 Å². The Morgan fingerprint density at radius 3 is 2.73 bits per heavy atom. The smallest absolute Gasteiger partial charge is 0.220 e. The lowest BCUT2D eigenvalue weighted by Crippen LogP contribution is -2.20. The minimum absolute atomic E-state index is 0.00669. The Hall–Kier alpha value is -0.970. The fraction of sp³-hybridized carbons (Fsp3) is 0.667. The van der Waals surface area contributed by atoms with E-state index in [0.29, 0.717) is 0 Å². The van der Waals surface area contributed by atoms with Crippen LogP contribution < -0.4 is 5.73 Å². The van der Waals surface area contributed by atoms with Gasteiger partial charge in [-0.15, -0.1) is 12.3 Å². The molecular formula is C9H15NO. The van der Waals surface area contributed by atoms with Gasteiger partial charge >= 0.3 is 0 Å². The van der Waals surface area contributed by atoms with Gasteiger partial charge in [0.15, 0.2) is 0 Å². The van der Waals surface area contributed by atoms with E-state index in [1.54, 1.807) is 0 Å². The molecule has 62 valence electrons. The molecule has 0 aliphatic rings. The van der Waals surface area contributed by atoms with E-state index in [9.17, 15) is 4.79 Å². The third kappa shape index (κ3) is 5.47. The summed E-state index contributed by atoms with van der Waals surface area (Å²) in [7, 11) is 0. The zero-order valence-corrected chi connectivity index (χ0v) is 6.97. The van der Waals surface area contributed by atoms with Gasteiger partial charge in [0.05, 0.1) is 0 Å². The van der Waals surface area contributed by atoms with Crippen LogP contribution in [0.1, 0.15) is 32.6 Å². The third-order valence-electron chi connectivity index (χ3n) is 1.69. The molecule has 0 fully saturated rings. The van der Waals surface area contributed by atoms with Crippen molar-refractivity contribution in [3.8, 4) is 12.3 Å². The van der Waals surface area contributed by atoms with Crippen LogP contribution in [0.5, 0.6) is 0 Å². The lowest BCUT2D eigenvalue weighted by molar-refractivity contribution is -0.121. The van der Waals surface area contributed by atoms with E-state index in [4.69, 9.17) is 12.2 Å². The molecule has 0 aromatic heterocycles. The van der Waals surface area contributed by atoms with E-state index in [2.05, 4.69) is 5.92 Å². The molecule has 1 atom stereocenters. The highest BCUT2D eigenvalue weighted by molar-refractivity contribution is 5.76. The fourth-order valence-corrected chi connectivity index (χ4v) is 0.820. The predicted molar refractivity (Wildman–Crippen MR) is 45.7 cm³/mol. The molecule has 0 aliphatic heterocycles. The summed E-state index contributed by atoms with van der Waals surface area (Å²) in [6, 6.07) is 0. The molecule has 0 aliphatic carbocycles. The van der Waals surface area contributed by atoms with Crippen molar-refractivity contribution in [1.82, 2.24) is 0 Å². The zero-order chi connectivity index (χ0) is 8.69. The van der Waals surface area contributed by atoms with Crippen LogP contribution in [0.15, 0.2) is 0 Å². The van der Waals surface area contributed by atoms with Gasteiger partial charge in [0.2, 0.25) is 5.91 Å². The zero-order valence-electron chi connectivity index (χ0n) is 6.97. The van der Waals surface area contributed by atoms with Crippen LogP contribution in [0.4, 0.5) is 0 Å². The molecule has 0 rings (SSSR count). The number of unbranched alkanes of at least 4 members (excludes halogenated alkanes) is 2. The third-order valence-corrected chi connectivity index (χ3v) is 1.69. The SMILES string of the molecule is C#CCCCC[C@H](C)C(N)=O. The van der Waals surface area contributed by atoms with Gasteiger partial charge in [0, 0.05) is 12.3 Å². The van der Waals surface area contributed by atoms with Crippen molar-refractivity contribution >= 4 is 5.91 Å². The second-order valence-corrected chi connectivity index (χ2v) is 2.75. The number of hydrogen-bond donors (Lipinski definition) is 1. The maximum Gasteiger partial charge on any atom is 0.220 e. The fourth-order valence-electron chi connectivity index (χ4n) is 0.820. The van der Waals surface area contributed by atoms with Gasteiger partial charge < -0.3 is 5.73 Å². The molecule has 2 nitrogen and oxygen atoms in total. The highest BCUT2D eigenvalue weighted by Gasteiger charge is 2.06. The molecular weight excluding hydrogens is 138 g/mol. The molecule has 0 aromatic carbocycles. The average Bonchev–Trinajstić information content (AvgIpc) is 1.97. The Kier molecular flexibility index (Phi) is 5.28. The standard InChI is InChI=1S/C9H15NO/c1-3-4-5-6-7-8(2)9(10)11/h1,8H,4-7H2,2H3,(H2,10,11)/t8-/m0/s1. The summed E-state index contributed by atoms with van der Waals surface area (Å²) in [5.74, 6) is 2.33. The van der Waals surface area contributed by atoms with Crippen molar-refractivity contribution in [2.24, 2.45) is 11.7 Å². The highest BCUT2D eigenvalue weighted by atomic mass is 16.1. The van der Waals surface area contributed by atoms with Gasteiger partial charge in [-0.1, -0.05) is 13.3 Å². The Labute approximate surface area is 68.2 Å². The normalized spacial score (nSPS) is 12.0. The average molecular weight is 153 g/mol. The van der Waals surface area contributed by atoms with E-state index in [-0.39, 0.29) is 11.8 Å². The van der Waals surface area contributed by atoms with Crippen molar-refractivity contribution in [3.63, 3.8) is 0 Å². The largest absolute Gasteiger partial charge is 0.369 e. The molecule has 1 amide bonds. The van der Waals surface area contributed by atoms with Crippen molar-refractivity contribution in [1.29, 1.82) is 0 Å². The summed E-state index contributed by atoms with van der Waals surface area (Å²) in [6.07, 6.45) is 8.71. The Balaban J connectivity index is 3.26. The van der Waals surface area contributed by atoms with Crippen LogP contribution in [0.3, 0.4) is 0 Å². The summed E-state index contributed by atoms with van der Waals surface area (Å²) >= 11 is 0. The van der Waals surface area contributed by atoms with Crippen LogP contribution >= 0.6 is 0 Å². The molecule has 11 heavy (non-hydrogen) atoms. The molecule has 0 saturated heterocycles. The van der Waals surface area contributed by atoms with Crippen LogP contribution in [-0.4, -0.2) is 5.91 Å². The number of carbonyl (C=O) groups excluding carboxylic acids is 1. The number of primary amides is 1. The maximum absolute atomic E-state index is 10.5. The number of hydrogen-bond acceptors (Lipinski definition) is 1. The van der Waals surface area contributed by atoms with Crippen molar-refractivity contribution in [3.05, 3.63) is 0 Å². The minimum atomic E-state index is -0.217. The Morgan fingerprint density at radius 2 is 2.27 bits per heavy atom. The number of nitrogens with two attached hydrogens (primary N) is 1. The molecule has 2 heteroatoms. The number of carbonyl (C=O) groups is 1.